The van der Waals surface area contributed by atoms with Crippen LogP contribution in [-0.4, -0.2) is 31.7 Å². The standard InChI is InChI=1S/C20H21NO5S/c1-11-7-8-12-16(9-11)27-19(17(12)20(23)24-2)21-18(22)15-10-25-13-5-3-4-6-14(13)26-15/h3-6,11,15H,7-10H2,1-2H3,(H,21,22). The van der Waals surface area contributed by atoms with Crippen LogP contribution in [0.1, 0.15) is 34.1 Å². The fourth-order valence-electron chi connectivity index (χ4n) is 3.50. The number of carbonyl (C=O) groups is 2. The first-order valence-corrected chi connectivity index (χ1v) is 9.80. The number of hydrogen-bond donors (Lipinski definition) is 1. The topological polar surface area (TPSA) is 73.9 Å². The van der Waals surface area contributed by atoms with Crippen LogP contribution in [0.15, 0.2) is 24.3 Å². The highest BCUT2D eigenvalue weighted by Crippen LogP contribution is 2.40. The zero-order valence-corrected chi connectivity index (χ0v) is 16.1. The van der Waals surface area contributed by atoms with Crippen LogP contribution in [0.3, 0.4) is 0 Å². The van der Waals surface area contributed by atoms with Gasteiger partial charge in [0, 0.05) is 4.88 Å². The van der Waals surface area contributed by atoms with Crippen molar-refractivity contribution in [2.45, 2.75) is 32.3 Å². The average molecular weight is 387 g/mol. The molecule has 6 nitrogen and oxygen atoms in total. The molecule has 2 heterocycles. The number of carbonyl (C=O) groups excluding carboxylic acids is 2. The second-order valence-corrected chi connectivity index (χ2v) is 8.01. The van der Waals surface area contributed by atoms with Crippen LogP contribution in [0.25, 0.3) is 0 Å². The summed E-state index contributed by atoms with van der Waals surface area (Å²) in [6, 6.07) is 7.24. The first kappa shape index (κ1) is 17.9. The maximum Gasteiger partial charge on any atom is 0.341 e. The van der Waals surface area contributed by atoms with Crippen LogP contribution in [0.5, 0.6) is 11.5 Å². The van der Waals surface area contributed by atoms with Crippen molar-refractivity contribution >= 4 is 28.2 Å². The van der Waals surface area contributed by atoms with Gasteiger partial charge >= 0.3 is 5.97 Å². The zero-order valence-electron chi connectivity index (χ0n) is 15.2. The maximum absolute atomic E-state index is 12.8. The third-order valence-corrected chi connectivity index (χ3v) is 6.11. The molecule has 27 heavy (non-hydrogen) atoms. The average Bonchev–Trinajstić information content (AvgIpc) is 3.03. The summed E-state index contributed by atoms with van der Waals surface area (Å²) in [5.41, 5.74) is 1.49. The number of benzene rings is 1. The third kappa shape index (κ3) is 3.39. The Hall–Kier alpha value is -2.54. The molecule has 1 aliphatic carbocycles. The van der Waals surface area contributed by atoms with Crippen LogP contribution >= 0.6 is 11.3 Å². The quantitative estimate of drug-likeness (QED) is 0.817. The Morgan fingerprint density at radius 3 is 2.81 bits per heavy atom. The largest absolute Gasteiger partial charge is 0.485 e. The Morgan fingerprint density at radius 1 is 1.26 bits per heavy atom. The number of methoxy groups -OCH3 is 1. The molecule has 142 valence electrons. The molecule has 2 atom stereocenters. The van der Waals surface area contributed by atoms with Gasteiger partial charge in [-0.1, -0.05) is 19.1 Å². The number of fused-ring (bicyclic) bond motifs is 2. The Kier molecular flexibility index (Phi) is 4.78. The van der Waals surface area contributed by atoms with Gasteiger partial charge in [-0.3, -0.25) is 4.79 Å². The molecule has 0 fully saturated rings. The van der Waals surface area contributed by atoms with Crippen LogP contribution in [0.4, 0.5) is 5.00 Å². The lowest BCUT2D eigenvalue weighted by atomic mass is 9.88. The van der Waals surface area contributed by atoms with E-state index in [0.29, 0.717) is 28.0 Å². The van der Waals surface area contributed by atoms with Crippen LogP contribution < -0.4 is 14.8 Å². The molecule has 1 amide bonds. The van der Waals surface area contributed by atoms with E-state index in [0.717, 1.165) is 29.7 Å². The van der Waals surface area contributed by atoms with E-state index in [2.05, 4.69) is 12.2 Å². The minimum absolute atomic E-state index is 0.124. The highest BCUT2D eigenvalue weighted by Gasteiger charge is 2.32. The Labute approximate surface area is 161 Å². The lowest BCUT2D eigenvalue weighted by molar-refractivity contribution is -0.125. The summed E-state index contributed by atoms with van der Waals surface area (Å²) in [4.78, 5) is 26.3. The second-order valence-electron chi connectivity index (χ2n) is 6.90. The van der Waals surface area contributed by atoms with Crippen molar-refractivity contribution < 1.29 is 23.8 Å². The van der Waals surface area contributed by atoms with E-state index in [1.807, 2.05) is 12.1 Å². The number of ether oxygens (including phenoxy) is 3. The molecule has 2 unspecified atom stereocenters. The van der Waals surface area contributed by atoms with Crippen molar-refractivity contribution in [3.05, 3.63) is 40.3 Å². The van der Waals surface area contributed by atoms with Gasteiger partial charge in [0.1, 0.15) is 11.6 Å². The van der Waals surface area contributed by atoms with Crippen LogP contribution in [-0.2, 0) is 22.4 Å². The maximum atomic E-state index is 12.8. The molecule has 1 N–H and O–H groups in total. The van der Waals surface area contributed by atoms with E-state index < -0.39 is 12.1 Å². The van der Waals surface area contributed by atoms with Crippen LogP contribution in [0, 0.1) is 5.92 Å². The molecular weight excluding hydrogens is 366 g/mol. The molecule has 0 saturated heterocycles. The van der Waals surface area contributed by atoms with Gasteiger partial charge in [0.05, 0.1) is 12.7 Å². The van der Waals surface area contributed by atoms with Gasteiger partial charge in [-0.2, -0.15) is 0 Å². The van der Waals surface area contributed by atoms with E-state index in [4.69, 9.17) is 14.2 Å². The van der Waals surface area contributed by atoms with Gasteiger partial charge in [0.2, 0.25) is 6.10 Å². The summed E-state index contributed by atoms with van der Waals surface area (Å²) in [5.74, 6) is 0.982. The summed E-state index contributed by atoms with van der Waals surface area (Å²) in [6.07, 6.45) is 1.99. The fraction of sp³-hybridized carbons (Fsp3) is 0.400. The van der Waals surface area contributed by atoms with Crippen molar-refractivity contribution in [1.29, 1.82) is 0 Å². The van der Waals surface area contributed by atoms with E-state index >= 15 is 0 Å². The zero-order chi connectivity index (χ0) is 19.0. The van der Waals surface area contributed by atoms with Gasteiger partial charge in [0.15, 0.2) is 11.5 Å². The van der Waals surface area contributed by atoms with Gasteiger partial charge in [0.25, 0.3) is 5.91 Å². The molecular formula is C20H21NO5S. The highest BCUT2D eigenvalue weighted by molar-refractivity contribution is 7.17. The molecule has 1 aliphatic heterocycles. The number of esters is 1. The first-order valence-electron chi connectivity index (χ1n) is 8.99. The molecule has 2 aliphatic rings. The van der Waals surface area contributed by atoms with Crippen LogP contribution in [0.2, 0.25) is 0 Å². The first-order chi connectivity index (χ1) is 13.1. The molecule has 1 aromatic heterocycles. The van der Waals surface area contributed by atoms with Crippen molar-refractivity contribution in [1.82, 2.24) is 0 Å². The summed E-state index contributed by atoms with van der Waals surface area (Å²) >= 11 is 1.46. The van der Waals surface area contributed by atoms with E-state index in [1.165, 1.54) is 18.4 Å². The van der Waals surface area contributed by atoms with Crippen molar-refractivity contribution in [2.75, 3.05) is 19.0 Å². The van der Waals surface area contributed by atoms with Crippen molar-refractivity contribution in [3.8, 4) is 11.5 Å². The van der Waals surface area contributed by atoms with Crippen molar-refractivity contribution in [2.24, 2.45) is 5.92 Å². The number of hydrogen-bond acceptors (Lipinski definition) is 6. The van der Waals surface area contributed by atoms with Gasteiger partial charge in [-0.15, -0.1) is 11.3 Å². The summed E-state index contributed by atoms with van der Waals surface area (Å²) in [5, 5.41) is 3.41. The Balaban J connectivity index is 1.57. The lowest BCUT2D eigenvalue weighted by Crippen LogP contribution is -2.40. The number of amides is 1. The molecule has 0 spiro atoms. The SMILES string of the molecule is COC(=O)c1c(NC(=O)C2COc3ccccc3O2)sc2c1CCC(C)C2. The number of anilines is 1. The molecule has 0 radical (unpaired) electrons. The molecule has 4 rings (SSSR count). The minimum Gasteiger partial charge on any atom is -0.485 e. The fourth-order valence-corrected chi connectivity index (χ4v) is 4.90. The number of para-hydroxylation sites is 2. The number of nitrogens with one attached hydrogen (secondary N) is 1. The van der Waals surface area contributed by atoms with Crippen molar-refractivity contribution in [3.63, 3.8) is 0 Å². The third-order valence-electron chi connectivity index (χ3n) is 4.94. The predicted octanol–water partition coefficient (Wildman–Crippen LogP) is 3.44. The summed E-state index contributed by atoms with van der Waals surface area (Å²) < 4.78 is 16.3. The van der Waals surface area contributed by atoms with E-state index in [1.54, 1.807) is 12.1 Å². The number of thiophene rings is 1. The predicted molar refractivity (Wildman–Crippen MR) is 102 cm³/mol. The van der Waals surface area contributed by atoms with E-state index in [9.17, 15) is 9.59 Å². The van der Waals surface area contributed by atoms with Gasteiger partial charge < -0.3 is 19.5 Å². The van der Waals surface area contributed by atoms with Gasteiger partial charge in [-0.25, -0.2) is 4.79 Å². The summed E-state index contributed by atoms with van der Waals surface area (Å²) in [7, 11) is 1.36. The monoisotopic (exact) mass is 387 g/mol. The molecule has 7 heteroatoms. The Bertz CT molecular complexity index is 890. The Morgan fingerprint density at radius 2 is 2.04 bits per heavy atom. The number of rotatable bonds is 3. The second kappa shape index (κ2) is 7.23. The molecule has 1 aromatic carbocycles. The normalized spacial score (nSPS) is 20.5. The molecule has 0 saturated carbocycles. The molecule has 2 aromatic rings. The summed E-state index contributed by atoms with van der Waals surface area (Å²) in [6.45, 7) is 2.32. The lowest BCUT2D eigenvalue weighted by Gasteiger charge is -2.25. The molecule has 0 bridgehead atoms. The smallest absolute Gasteiger partial charge is 0.341 e. The highest BCUT2D eigenvalue weighted by atomic mass is 32.1. The van der Waals surface area contributed by atoms with Gasteiger partial charge in [-0.05, 0) is 42.9 Å². The minimum atomic E-state index is -0.775. The van der Waals surface area contributed by atoms with E-state index in [-0.39, 0.29) is 12.5 Å².